The highest BCUT2D eigenvalue weighted by Crippen LogP contribution is 2.34. The minimum absolute atomic E-state index is 0.149. The molecule has 5 rings (SSSR count). The first kappa shape index (κ1) is 19.5. The third kappa shape index (κ3) is 3.69. The van der Waals surface area contributed by atoms with Gasteiger partial charge < -0.3 is 14.5 Å². The van der Waals surface area contributed by atoms with E-state index in [1.54, 1.807) is 0 Å². The van der Waals surface area contributed by atoms with E-state index in [0.29, 0.717) is 12.5 Å². The second-order valence-corrected chi connectivity index (χ2v) is 8.96. The maximum Gasteiger partial charge on any atom is 0.225 e. The highest BCUT2D eigenvalue weighted by molar-refractivity contribution is 5.80. The molecule has 1 aliphatic carbocycles. The van der Waals surface area contributed by atoms with Crippen molar-refractivity contribution in [2.75, 3.05) is 24.5 Å². The fraction of sp³-hybridized carbons (Fsp3) is 0.542. The third-order valence-corrected chi connectivity index (χ3v) is 6.56. The molecule has 2 aliphatic heterocycles. The van der Waals surface area contributed by atoms with E-state index in [2.05, 4.69) is 30.9 Å². The molecular formula is C24H30N4O2. The SMILES string of the molecule is C[C@@H]1CN(c2nc(-c3ccccc3)nc3c2CN(C(=O)C2CCC2)CC3)C[C@H](C)O1. The molecule has 3 heterocycles. The number of benzene rings is 1. The second-order valence-electron chi connectivity index (χ2n) is 8.96. The van der Waals surface area contributed by atoms with E-state index in [0.717, 1.165) is 67.4 Å². The molecule has 0 unspecified atom stereocenters. The summed E-state index contributed by atoms with van der Waals surface area (Å²) in [4.78, 5) is 27.3. The van der Waals surface area contributed by atoms with Gasteiger partial charge in [0.25, 0.3) is 0 Å². The van der Waals surface area contributed by atoms with Gasteiger partial charge in [-0.2, -0.15) is 0 Å². The highest BCUT2D eigenvalue weighted by atomic mass is 16.5. The number of carbonyl (C=O) groups is 1. The molecule has 0 spiro atoms. The number of hydrogen-bond donors (Lipinski definition) is 0. The zero-order valence-corrected chi connectivity index (χ0v) is 17.9. The quantitative estimate of drug-likeness (QED) is 0.782. The average molecular weight is 407 g/mol. The Morgan fingerprint density at radius 1 is 1.07 bits per heavy atom. The number of nitrogens with zero attached hydrogens (tertiary/aromatic N) is 4. The van der Waals surface area contributed by atoms with Crippen molar-refractivity contribution in [2.45, 2.75) is 58.3 Å². The van der Waals surface area contributed by atoms with Gasteiger partial charge in [0, 0.05) is 43.1 Å². The highest BCUT2D eigenvalue weighted by Gasteiger charge is 2.34. The van der Waals surface area contributed by atoms with E-state index in [-0.39, 0.29) is 18.1 Å². The van der Waals surface area contributed by atoms with Crippen molar-refractivity contribution in [1.82, 2.24) is 14.9 Å². The topological polar surface area (TPSA) is 58.6 Å². The molecular weight excluding hydrogens is 376 g/mol. The van der Waals surface area contributed by atoms with Crippen molar-refractivity contribution in [3.63, 3.8) is 0 Å². The lowest BCUT2D eigenvalue weighted by Gasteiger charge is -2.39. The molecule has 1 amide bonds. The Morgan fingerprint density at radius 3 is 2.47 bits per heavy atom. The summed E-state index contributed by atoms with van der Waals surface area (Å²) in [5, 5.41) is 0. The summed E-state index contributed by atoms with van der Waals surface area (Å²) in [5.41, 5.74) is 3.24. The normalized spacial score (nSPS) is 24.3. The molecule has 1 aromatic heterocycles. The van der Waals surface area contributed by atoms with Crippen LogP contribution in [0.3, 0.4) is 0 Å². The molecule has 158 valence electrons. The molecule has 30 heavy (non-hydrogen) atoms. The largest absolute Gasteiger partial charge is 0.372 e. The predicted octanol–water partition coefficient (Wildman–Crippen LogP) is 3.44. The molecule has 6 heteroatoms. The van der Waals surface area contributed by atoms with Gasteiger partial charge in [-0.25, -0.2) is 9.97 Å². The van der Waals surface area contributed by atoms with Crippen LogP contribution in [0.1, 0.15) is 44.4 Å². The summed E-state index contributed by atoms with van der Waals surface area (Å²) in [7, 11) is 0. The second kappa shape index (κ2) is 7.99. The van der Waals surface area contributed by atoms with Gasteiger partial charge >= 0.3 is 0 Å². The molecule has 2 aromatic rings. The Bertz CT molecular complexity index is 918. The van der Waals surface area contributed by atoms with E-state index in [9.17, 15) is 4.79 Å². The summed E-state index contributed by atoms with van der Waals surface area (Å²) in [6.07, 6.45) is 4.35. The number of rotatable bonds is 3. The van der Waals surface area contributed by atoms with Gasteiger partial charge in [0.15, 0.2) is 5.82 Å². The molecule has 1 saturated heterocycles. The molecule has 6 nitrogen and oxygen atoms in total. The molecule has 0 N–H and O–H groups in total. The molecule has 1 aromatic carbocycles. The molecule has 0 bridgehead atoms. The van der Waals surface area contributed by atoms with E-state index >= 15 is 0 Å². The first-order valence-corrected chi connectivity index (χ1v) is 11.2. The van der Waals surface area contributed by atoms with Crippen molar-refractivity contribution in [2.24, 2.45) is 5.92 Å². The lowest BCUT2D eigenvalue weighted by Crippen LogP contribution is -2.47. The van der Waals surface area contributed by atoms with Crippen LogP contribution in [0.2, 0.25) is 0 Å². The molecule has 1 saturated carbocycles. The van der Waals surface area contributed by atoms with Crippen LogP contribution in [-0.4, -0.2) is 52.6 Å². The Kier molecular flexibility index (Phi) is 5.19. The number of morpholine rings is 1. The summed E-state index contributed by atoms with van der Waals surface area (Å²) in [6.45, 7) is 7.21. The first-order valence-electron chi connectivity index (χ1n) is 11.2. The minimum Gasteiger partial charge on any atom is -0.372 e. The molecule has 2 fully saturated rings. The lowest BCUT2D eigenvalue weighted by molar-refractivity contribution is -0.139. The lowest BCUT2D eigenvalue weighted by atomic mass is 9.84. The number of hydrogen-bond acceptors (Lipinski definition) is 5. The van der Waals surface area contributed by atoms with Crippen molar-refractivity contribution in [3.05, 3.63) is 41.6 Å². The zero-order chi connectivity index (χ0) is 20.7. The Morgan fingerprint density at radius 2 is 1.80 bits per heavy atom. The van der Waals surface area contributed by atoms with Gasteiger partial charge in [-0.1, -0.05) is 36.8 Å². The van der Waals surface area contributed by atoms with Crippen LogP contribution in [0.25, 0.3) is 11.4 Å². The van der Waals surface area contributed by atoms with Gasteiger partial charge in [-0.3, -0.25) is 4.79 Å². The monoisotopic (exact) mass is 406 g/mol. The van der Waals surface area contributed by atoms with Crippen LogP contribution in [0.5, 0.6) is 0 Å². The summed E-state index contributed by atoms with van der Waals surface area (Å²) in [5.74, 6) is 2.29. The van der Waals surface area contributed by atoms with Crippen LogP contribution < -0.4 is 4.90 Å². The van der Waals surface area contributed by atoms with Crippen molar-refractivity contribution in [3.8, 4) is 11.4 Å². The summed E-state index contributed by atoms with van der Waals surface area (Å²) >= 11 is 0. The van der Waals surface area contributed by atoms with E-state index in [1.807, 2.05) is 23.1 Å². The van der Waals surface area contributed by atoms with Crippen LogP contribution >= 0.6 is 0 Å². The standard InChI is InChI=1S/C24H30N4O2/c1-16-13-28(14-17(2)30-16)23-20-15-27(24(29)19-9-6-10-19)12-11-21(20)25-22(26-23)18-7-4-3-5-8-18/h3-5,7-8,16-17,19H,6,9-15H2,1-2H3/t16-,17+. The minimum atomic E-state index is 0.149. The Labute approximate surface area is 178 Å². The van der Waals surface area contributed by atoms with Crippen LogP contribution in [0, 0.1) is 5.92 Å². The van der Waals surface area contributed by atoms with Crippen LogP contribution in [0.4, 0.5) is 5.82 Å². The van der Waals surface area contributed by atoms with Gasteiger partial charge in [0.1, 0.15) is 5.82 Å². The number of amides is 1. The van der Waals surface area contributed by atoms with Crippen molar-refractivity contribution < 1.29 is 9.53 Å². The maximum absolute atomic E-state index is 12.9. The van der Waals surface area contributed by atoms with E-state index in [1.165, 1.54) is 6.42 Å². The van der Waals surface area contributed by atoms with Crippen LogP contribution in [0.15, 0.2) is 30.3 Å². The summed E-state index contributed by atoms with van der Waals surface area (Å²) in [6, 6.07) is 10.2. The predicted molar refractivity (Wildman–Crippen MR) is 116 cm³/mol. The molecule has 2 atom stereocenters. The number of aromatic nitrogens is 2. The molecule has 3 aliphatic rings. The first-order chi connectivity index (χ1) is 14.6. The average Bonchev–Trinajstić information content (AvgIpc) is 2.71. The third-order valence-electron chi connectivity index (χ3n) is 6.56. The van der Waals surface area contributed by atoms with Gasteiger partial charge in [0.2, 0.25) is 5.91 Å². The molecule has 0 radical (unpaired) electrons. The number of anilines is 1. The van der Waals surface area contributed by atoms with Crippen LogP contribution in [-0.2, 0) is 22.5 Å². The van der Waals surface area contributed by atoms with Crippen molar-refractivity contribution in [1.29, 1.82) is 0 Å². The maximum atomic E-state index is 12.9. The van der Waals surface area contributed by atoms with Gasteiger partial charge in [-0.15, -0.1) is 0 Å². The van der Waals surface area contributed by atoms with E-state index < -0.39 is 0 Å². The summed E-state index contributed by atoms with van der Waals surface area (Å²) < 4.78 is 5.96. The van der Waals surface area contributed by atoms with Crippen molar-refractivity contribution >= 4 is 11.7 Å². The van der Waals surface area contributed by atoms with Gasteiger partial charge in [0.05, 0.1) is 24.4 Å². The van der Waals surface area contributed by atoms with Gasteiger partial charge in [-0.05, 0) is 26.7 Å². The fourth-order valence-corrected chi connectivity index (χ4v) is 4.83. The van der Waals surface area contributed by atoms with E-state index in [4.69, 9.17) is 14.7 Å². The Balaban J connectivity index is 1.53. The number of fused-ring (bicyclic) bond motifs is 1. The number of carbonyl (C=O) groups excluding carboxylic acids is 1. The Hall–Kier alpha value is -2.47. The fourth-order valence-electron chi connectivity index (χ4n) is 4.83. The number of ether oxygens (including phenoxy) is 1. The zero-order valence-electron chi connectivity index (χ0n) is 17.9. The smallest absolute Gasteiger partial charge is 0.225 e.